The number of halogens is 3. The number of rotatable bonds is 2. The van der Waals surface area contributed by atoms with Crippen LogP contribution in [-0.2, 0) is 6.18 Å². The molecule has 0 saturated carbocycles. The van der Waals surface area contributed by atoms with Gasteiger partial charge < -0.3 is 10.3 Å². The zero-order valence-corrected chi connectivity index (χ0v) is 9.40. The fourth-order valence-electron chi connectivity index (χ4n) is 1.35. The molecule has 7 heteroatoms. The normalized spacial score (nSPS) is 13.6. The first-order chi connectivity index (χ1) is 8.38. The largest absolute Gasteiger partial charge is 0.416 e. The summed E-state index contributed by atoms with van der Waals surface area (Å²) in [4.78, 5) is 3.99. The summed E-state index contributed by atoms with van der Waals surface area (Å²) in [5.74, 6) is 0.459. The van der Waals surface area contributed by atoms with Crippen molar-refractivity contribution in [3.8, 4) is 11.4 Å². The van der Waals surface area contributed by atoms with Crippen molar-refractivity contribution in [3.05, 3.63) is 35.7 Å². The van der Waals surface area contributed by atoms with E-state index in [4.69, 9.17) is 10.3 Å². The van der Waals surface area contributed by atoms with Crippen LogP contribution in [-0.4, -0.2) is 10.1 Å². The SMILES string of the molecule is C[C@@H](N)c1nc(-c2ccc(C(F)(F)F)cc2)no1. The Morgan fingerprint density at radius 3 is 2.28 bits per heavy atom. The highest BCUT2D eigenvalue weighted by Crippen LogP contribution is 2.30. The smallest absolute Gasteiger partial charge is 0.337 e. The summed E-state index contributed by atoms with van der Waals surface area (Å²) in [7, 11) is 0. The van der Waals surface area contributed by atoms with Crippen molar-refractivity contribution in [1.29, 1.82) is 0 Å². The van der Waals surface area contributed by atoms with E-state index in [2.05, 4.69) is 10.1 Å². The molecule has 2 rings (SSSR count). The quantitative estimate of drug-likeness (QED) is 0.898. The van der Waals surface area contributed by atoms with E-state index in [1.165, 1.54) is 12.1 Å². The van der Waals surface area contributed by atoms with Gasteiger partial charge in [0.25, 0.3) is 0 Å². The monoisotopic (exact) mass is 257 g/mol. The van der Waals surface area contributed by atoms with Crippen LogP contribution in [0.15, 0.2) is 28.8 Å². The van der Waals surface area contributed by atoms with Crippen LogP contribution in [0.5, 0.6) is 0 Å². The minimum atomic E-state index is -4.35. The molecule has 1 atom stereocenters. The summed E-state index contributed by atoms with van der Waals surface area (Å²) in [6, 6.07) is 4.10. The Balaban J connectivity index is 2.29. The van der Waals surface area contributed by atoms with Crippen molar-refractivity contribution in [2.75, 3.05) is 0 Å². The first kappa shape index (κ1) is 12.6. The molecule has 1 aromatic heterocycles. The van der Waals surface area contributed by atoms with E-state index in [1.807, 2.05) is 0 Å². The van der Waals surface area contributed by atoms with Gasteiger partial charge in [-0.2, -0.15) is 18.2 Å². The Morgan fingerprint density at radius 2 is 1.83 bits per heavy atom. The fraction of sp³-hybridized carbons (Fsp3) is 0.273. The van der Waals surface area contributed by atoms with Gasteiger partial charge in [0.15, 0.2) is 0 Å². The number of hydrogen-bond donors (Lipinski definition) is 1. The lowest BCUT2D eigenvalue weighted by atomic mass is 10.1. The van der Waals surface area contributed by atoms with Crippen LogP contribution < -0.4 is 5.73 Å². The molecule has 0 aliphatic carbocycles. The lowest BCUT2D eigenvalue weighted by Gasteiger charge is -2.05. The van der Waals surface area contributed by atoms with Gasteiger partial charge in [-0.15, -0.1) is 0 Å². The van der Waals surface area contributed by atoms with E-state index in [0.29, 0.717) is 5.56 Å². The third kappa shape index (κ3) is 2.51. The lowest BCUT2D eigenvalue weighted by molar-refractivity contribution is -0.137. The van der Waals surface area contributed by atoms with Crippen molar-refractivity contribution < 1.29 is 17.7 Å². The number of benzene rings is 1. The topological polar surface area (TPSA) is 64.9 Å². The highest BCUT2D eigenvalue weighted by atomic mass is 19.4. The van der Waals surface area contributed by atoms with Crippen LogP contribution in [0.3, 0.4) is 0 Å². The van der Waals surface area contributed by atoms with Crippen molar-refractivity contribution in [2.24, 2.45) is 5.73 Å². The molecule has 0 unspecified atom stereocenters. The lowest BCUT2D eigenvalue weighted by Crippen LogP contribution is -2.05. The molecule has 96 valence electrons. The molecule has 0 amide bonds. The second-order valence-electron chi connectivity index (χ2n) is 3.82. The van der Waals surface area contributed by atoms with Gasteiger partial charge in [-0.3, -0.25) is 0 Å². The highest BCUT2D eigenvalue weighted by molar-refractivity contribution is 5.54. The molecule has 2 N–H and O–H groups in total. The summed E-state index contributed by atoms with van der Waals surface area (Å²) >= 11 is 0. The Bertz CT molecular complexity index is 531. The second-order valence-corrected chi connectivity index (χ2v) is 3.82. The average Bonchev–Trinajstić information content (AvgIpc) is 2.77. The van der Waals surface area contributed by atoms with Crippen LogP contribution in [0, 0.1) is 0 Å². The first-order valence-electron chi connectivity index (χ1n) is 5.15. The molecule has 18 heavy (non-hydrogen) atoms. The van der Waals surface area contributed by atoms with E-state index in [-0.39, 0.29) is 11.7 Å². The van der Waals surface area contributed by atoms with Gasteiger partial charge in [0.05, 0.1) is 11.6 Å². The number of aromatic nitrogens is 2. The Kier molecular flexibility index (Phi) is 3.08. The maximum atomic E-state index is 12.4. The van der Waals surface area contributed by atoms with Gasteiger partial charge in [0, 0.05) is 5.56 Å². The third-order valence-electron chi connectivity index (χ3n) is 2.30. The third-order valence-corrected chi connectivity index (χ3v) is 2.30. The minimum absolute atomic E-state index is 0.219. The summed E-state index contributed by atoms with van der Waals surface area (Å²) in [5, 5.41) is 3.65. The van der Waals surface area contributed by atoms with Crippen molar-refractivity contribution in [2.45, 2.75) is 19.1 Å². The van der Waals surface area contributed by atoms with Crippen molar-refractivity contribution in [3.63, 3.8) is 0 Å². The molecule has 0 radical (unpaired) electrons. The predicted molar refractivity (Wildman–Crippen MR) is 57.3 cm³/mol. The molecule has 0 aliphatic heterocycles. The molecule has 1 aromatic carbocycles. The molecular formula is C11H10F3N3O. The van der Waals surface area contributed by atoms with E-state index in [9.17, 15) is 13.2 Å². The summed E-state index contributed by atoms with van der Waals surface area (Å²) in [6.45, 7) is 1.67. The predicted octanol–water partition coefficient (Wildman–Crippen LogP) is 2.78. The zero-order valence-electron chi connectivity index (χ0n) is 9.40. The second kappa shape index (κ2) is 4.41. The van der Waals surface area contributed by atoms with Crippen LogP contribution in [0.25, 0.3) is 11.4 Å². The van der Waals surface area contributed by atoms with Crippen molar-refractivity contribution in [1.82, 2.24) is 10.1 Å². The number of nitrogens with zero attached hydrogens (tertiary/aromatic N) is 2. The Morgan fingerprint density at radius 1 is 1.22 bits per heavy atom. The van der Waals surface area contributed by atoms with Gasteiger partial charge in [-0.25, -0.2) is 0 Å². The van der Waals surface area contributed by atoms with Gasteiger partial charge in [0.1, 0.15) is 0 Å². The number of hydrogen-bond acceptors (Lipinski definition) is 4. The van der Waals surface area contributed by atoms with E-state index in [1.54, 1.807) is 6.92 Å². The molecule has 0 aliphatic rings. The first-order valence-corrected chi connectivity index (χ1v) is 5.15. The molecule has 2 aromatic rings. The van der Waals surface area contributed by atoms with Crippen LogP contribution in [0.4, 0.5) is 13.2 Å². The van der Waals surface area contributed by atoms with Crippen LogP contribution in [0.1, 0.15) is 24.4 Å². The van der Waals surface area contributed by atoms with E-state index >= 15 is 0 Å². The van der Waals surface area contributed by atoms with Gasteiger partial charge in [-0.1, -0.05) is 17.3 Å². The molecule has 4 nitrogen and oxygen atoms in total. The van der Waals surface area contributed by atoms with E-state index in [0.717, 1.165) is 12.1 Å². The molecule has 1 heterocycles. The highest BCUT2D eigenvalue weighted by Gasteiger charge is 2.30. The average molecular weight is 257 g/mol. The van der Waals surface area contributed by atoms with Gasteiger partial charge in [0.2, 0.25) is 11.7 Å². The zero-order chi connectivity index (χ0) is 13.3. The maximum absolute atomic E-state index is 12.4. The maximum Gasteiger partial charge on any atom is 0.416 e. The summed E-state index contributed by atoms with van der Waals surface area (Å²) in [6.07, 6.45) is -4.35. The van der Waals surface area contributed by atoms with Crippen molar-refractivity contribution >= 4 is 0 Å². The number of nitrogens with two attached hydrogens (primary N) is 1. The number of alkyl halides is 3. The van der Waals surface area contributed by atoms with Gasteiger partial charge >= 0.3 is 6.18 Å². The van der Waals surface area contributed by atoms with Crippen LogP contribution in [0.2, 0.25) is 0 Å². The van der Waals surface area contributed by atoms with E-state index < -0.39 is 17.8 Å². The van der Waals surface area contributed by atoms with Crippen LogP contribution >= 0.6 is 0 Å². The summed E-state index contributed by atoms with van der Waals surface area (Å²) in [5.41, 5.74) is 5.26. The molecular weight excluding hydrogens is 247 g/mol. The van der Waals surface area contributed by atoms with Gasteiger partial charge in [-0.05, 0) is 19.1 Å². The molecule has 0 bridgehead atoms. The standard InChI is InChI=1S/C11H10F3N3O/c1-6(15)10-16-9(17-18-10)7-2-4-8(5-3-7)11(12,13)14/h2-6H,15H2,1H3/t6-/m1/s1. The fourth-order valence-corrected chi connectivity index (χ4v) is 1.35. The molecule has 0 fully saturated rings. The summed E-state index contributed by atoms with van der Waals surface area (Å²) < 4.78 is 42.0. The Hall–Kier alpha value is -1.89. The molecule has 0 spiro atoms. The Labute approximate surface area is 101 Å². The minimum Gasteiger partial charge on any atom is -0.337 e. The molecule has 0 saturated heterocycles.